The molecule has 0 aliphatic heterocycles. The first kappa shape index (κ1) is 17.0. The Labute approximate surface area is 152 Å². The lowest BCUT2D eigenvalue weighted by Gasteiger charge is -2.15. The van der Waals surface area contributed by atoms with Gasteiger partial charge in [0, 0.05) is 5.56 Å². The van der Waals surface area contributed by atoms with Crippen molar-refractivity contribution in [1.82, 2.24) is 9.55 Å². The van der Waals surface area contributed by atoms with Crippen molar-refractivity contribution in [3.63, 3.8) is 0 Å². The van der Waals surface area contributed by atoms with E-state index in [1.165, 1.54) is 24.3 Å². The van der Waals surface area contributed by atoms with Gasteiger partial charge in [-0.3, -0.25) is 9.36 Å². The molecule has 0 saturated heterocycles. The molecule has 3 aromatic carbocycles. The summed E-state index contributed by atoms with van der Waals surface area (Å²) in [6.07, 6.45) is 0. The summed E-state index contributed by atoms with van der Waals surface area (Å²) in [5, 5.41) is 0.286. The first-order chi connectivity index (χ1) is 13.1. The Balaban J connectivity index is 2.03. The number of aromatic nitrogens is 2. The zero-order valence-electron chi connectivity index (χ0n) is 14.0. The minimum atomic E-state index is -0.783. The summed E-state index contributed by atoms with van der Waals surface area (Å²) in [7, 11) is 0. The highest BCUT2D eigenvalue weighted by molar-refractivity contribution is 5.79. The summed E-state index contributed by atoms with van der Waals surface area (Å²) >= 11 is 0. The van der Waals surface area contributed by atoms with Crippen LogP contribution in [-0.4, -0.2) is 9.55 Å². The maximum atomic E-state index is 14.4. The first-order valence-corrected chi connectivity index (χ1v) is 8.23. The Morgan fingerprint density at radius 1 is 0.778 bits per heavy atom. The van der Waals surface area contributed by atoms with Gasteiger partial charge in [0.1, 0.15) is 23.3 Å². The fourth-order valence-electron chi connectivity index (χ4n) is 3.00. The highest BCUT2D eigenvalue weighted by Gasteiger charge is 2.18. The number of rotatable bonds is 3. The smallest absolute Gasteiger partial charge is 0.261 e. The van der Waals surface area contributed by atoms with Gasteiger partial charge in [-0.15, -0.1) is 0 Å². The number of benzene rings is 3. The van der Waals surface area contributed by atoms with Gasteiger partial charge in [0.05, 0.1) is 23.0 Å². The average molecular weight is 366 g/mol. The van der Waals surface area contributed by atoms with Crippen LogP contribution in [0.15, 0.2) is 71.5 Å². The van der Waals surface area contributed by atoms with Crippen LogP contribution in [0.5, 0.6) is 0 Å². The lowest BCUT2D eigenvalue weighted by Crippen LogP contribution is -2.25. The van der Waals surface area contributed by atoms with Gasteiger partial charge < -0.3 is 0 Å². The van der Waals surface area contributed by atoms with E-state index in [1.54, 1.807) is 30.3 Å². The zero-order valence-corrected chi connectivity index (χ0v) is 14.0. The molecular weight excluding hydrogens is 353 g/mol. The second-order valence-corrected chi connectivity index (χ2v) is 6.02. The van der Waals surface area contributed by atoms with Crippen LogP contribution in [0.2, 0.25) is 0 Å². The van der Waals surface area contributed by atoms with E-state index >= 15 is 0 Å². The van der Waals surface area contributed by atoms with Gasteiger partial charge >= 0.3 is 0 Å². The SMILES string of the molecule is O=c1c2ccccc2nc(-c2ccccc2F)n1Cc1c(F)cccc1F. The maximum absolute atomic E-state index is 14.4. The van der Waals surface area contributed by atoms with Crippen molar-refractivity contribution >= 4 is 10.9 Å². The molecular formula is C21H13F3N2O. The summed E-state index contributed by atoms with van der Waals surface area (Å²) < 4.78 is 43.8. The van der Waals surface area contributed by atoms with Gasteiger partial charge in [-0.2, -0.15) is 0 Å². The molecule has 0 aliphatic carbocycles. The predicted octanol–water partition coefficient (Wildman–Crippen LogP) is 4.53. The average Bonchev–Trinajstić information content (AvgIpc) is 2.67. The molecule has 4 aromatic rings. The van der Waals surface area contributed by atoms with Crippen LogP contribution in [-0.2, 0) is 6.54 Å². The summed E-state index contributed by atoms with van der Waals surface area (Å²) in [6.45, 7) is -0.404. The highest BCUT2D eigenvalue weighted by atomic mass is 19.1. The third kappa shape index (κ3) is 2.99. The molecule has 0 amide bonds. The molecule has 0 saturated carbocycles. The van der Waals surface area contributed by atoms with E-state index in [2.05, 4.69) is 4.98 Å². The quantitative estimate of drug-likeness (QED) is 0.534. The van der Waals surface area contributed by atoms with E-state index in [1.807, 2.05) is 0 Å². The van der Waals surface area contributed by atoms with Gasteiger partial charge in [0.2, 0.25) is 0 Å². The minimum Gasteiger partial charge on any atom is -0.287 e. The summed E-state index contributed by atoms with van der Waals surface area (Å²) in [4.78, 5) is 17.4. The summed E-state index contributed by atoms with van der Waals surface area (Å²) in [5.74, 6) is -2.13. The molecule has 27 heavy (non-hydrogen) atoms. The van der Waals surface area contributed by atoms with Gasteiger partial charge in [0.15, 0.2) is 0 Å². The molecule has 0 atom stereocenters. The van der Waals surface area contributed by atoms with Crippen molar-refractivity contribution in [2.45, 2.75) is 6.54 Å². The molecule has 1 heterocycles. The van der Waals surface area contributed by atoms with Gasteiger partial charge in [-0.25, -0.2) is 18.2 Å². The van der Waals surface area contributed by atoms with Crippen LogP contribution in [0, 0.1) is 17.5 Å². The van der Waals surface area contributed by atoms with Gasteiger partial charge in [-0.05, 0) is 36.4 Å². The maximum Gasteiger partial charge on any atom is 0.261 e. The Bertz CT molecular complexity index is 1200. The van der Waals surface area contributed by atoms with Crippen molar-refractivity contribution in [3.8, 4) is 11.4 Å². The third-order valence-corrected chi connectivity index (χ3v) is 4.35. The van der Waals surface area contributed by atoms with Crippen molar-refractivity contribution in [2.75, 3.05) is 0 Å². The minimum absolute atomic E-state index is 0.0134. The lowest BCUT2D eigenvalue weighted by molar-refractivity contribution is 0.541. The van der Waals surface area contributed by atoms with Crippen LogP contribution in [0.25, 0.3) is 22.3 Å². The number of para-hydroxylation sites is 1. The fourth-order valence-corrected chi connectivity index (χ4v) is 3.00. The largest absolute Gasteiger partial charge is 0.287 e. The second-order valence-electron chi connectivity index (χ2n) is 6.02. The highest BCUT2D eigenvalue weighted by Crippen LogP contribution is 2.23. The number of nitrogens with zero attached hydrogens (tertiary/aromatic N) is 2. The van der Waals surface area contributed by atoms with Crippen LogP contribution in [0.1, 0.15) is 5.56 Å². The fraction of sp³-hybridized carbons (Fsp3) is 0.0476. The van der Waals surface area contributed by atoms with E-state index < -0.39 is 29.6 Å². The van der Waals surface area contributed by atoms with Crippen LogP contribution in [0.3, 0.4) is 0 Å². The molecule has 3 nitrogen and oxygen atoms in total. The molecule has 0 radical (unpaired) electrons. The molecule has 0 aliphatic rings. The molecule has 134 valence electrons. The number of halogens is 3. The van der Waals surface area contributed by atoms with Gasteiger partial charge in [0.25, 0.3) is 5.56 Å². The molecule has 1 aromatic heterocycles. The van der Waals surface area contributed by atoms with Crippen LogP contribution < -0.4 is 5.56 Å². The normalized spacial score (nSPS) is 11.1. The van der Waals surface area contributed by atoms with E-state index in [4.69, 9.17) is 0 Å². The van der Waals surface area contributed by atoms with Gasteiger partial charge in [-0.1, -0.05) is 30.3 Å². The van der Waals surface area contributed by atoms with E-state index in [0.29, 0.717) is 5.52 Å². The van der Waals surface area contributed by atoms with Crippen molar-refractivity contribution in [2.24, 2.45) is 0 Å². The third-order valence-electron chi connectivity index (χ3n) is 4.35. The van der Waals surface area contributed by atoms with Crippen molar-refractivity contribution in [1.29, 1.82) is 0 Å². The first-order valence-electron chi connectivity index (χ1n) is 8.23. The predicted molar refractivity (Wildman–Crippen MR) is 96.9 cm³/mol. The number of fused-ring (bicyclic) bond motifs is 1. The van der Waals surface area contributed by atoms with E-state index in [9.17, 15) is 18.0 Å². The molecule has 6 heteroatoms. The Hall–Kier alpha value is -3.41. The standard InChI is InChI=1S/C21H13F3N2O/c22-16-8-3-1-6-13(16)20-25-19-11-4-2-7-14(19)21(27)26(20)12-15-17(23)9-5-10-18(15)24/h1-11H,12H2. The number of hydrogen-bond donors (Lipinski definition) is 0. The Kier molecular flexibility index (Phi) is 4.24. The van der Waals surface area contributed by atoms with Crippen LogP contribution in [0.4, 0.5) is 13.2 Å². The molecule has 0 bridgehead atoms. The topological polar surface area (TPSA) is 34.9 Å². The Morgan fingerprint density at radius 2 is 1.41 bits per heavy atom. The number of hydrogen-bond acceptors (Lipinski definition) is 2. The van der Waals surface area contributed by atoms with E-state index in [0.717, 1.165) is 16.7 Å². The second kappa shape index (κ2) is 6.72. The zero-order chi connectivity index (χ0) is 19.0. The van der Waals surface area contributed by atoms with Crippen molar-refractivity contribution < 1.29 is 13.2 Å². The van der Waals surface area contributed by atoms with Crippen molar-refractivity contribution in [3.05, 3.63) is 100 Å². The molecule has 0 N–H and O–H groups in total. The molecule has 0 spiro atoms. The molecule has 4 rings (SSSR count). The monoisotopic (exact) mass is 366 g/mol. The van der Waals surface area contributed by atoms with E-state index in [-0.39, 0.29) is 22.3 Å². The summed E-state index contributed by atoms with van der Waals surface area (Å²) in [5.41, 5.74) is -0.320. The molecule has 0 unspecified atom stereocenters. The molecule has 0 fully saturated rings. The summed E-state index contributed by atoms with van der Waals surface area (Å²) in [6, 6.07) is 15.9. The Morgan fingerprint density at radius 3 is 2.15 bits per heavy atom. The lowest BCUT2D eigenvalue weighted by atomic mass is 10.1. The van der Waals surface area contributed by atoms with Crippen LogP contribution >= 0.6 is 0 Å².